The molecule has 0 N–H and O–H groups in total. The zero-order valence-corrected chi connectivity index (χ0v) is 14.1. The minimum Gasteiger partial charge on any atom is -0.544 e. The Labute approximate surface area is 153 Å². The number of hydrogen-bond acceptors (Lipinski definition) is 4. The molecule has 0 unspecified atom stereocenters. The van der Waals surface area contributed by atoms with Crippen LogP contribution in [0.3, 0.4) is 0 Å². The van der Waals surface area contributed by atoms with Crippen molar-refractivity contribution in [1.82, 2.24) is 4.98 Å². The van der Waals surface area contributed by atoms with Crippen LogP contribution in [-0.4, -0.2) is 11.0 Å². The molecular weight excluding hydrogens is 389 g/mol. The maximum Gasteiger partial charge on any atom is 0.416 e. The maximum atomic E-state index is 13.8. The molecule has 9 heteroatoms. The van der Waals surface area contributed by atoms with E-state index in [1.807, 2.05) is 0 Å². The van der Waals surface area contributed by atoms with Crippen LogP contribution in [0.25, 0.3) is 10.6 Å². The monoisotopic (exact) mass is 398 g/mol. The van der Waals surface area contributed by atoms with E-state index in [9.17, 15) is 31.9 Å². The molecule has 3 rings (SSSR count). The van der Waals surface area contributed by atoms with E-state index in [2.05, 4.69) is 4.98 Å². The van der Waals surface area contributed by atoms with Crippen molar-refractivity contribution in [3.05, 3.63) is 75.8 Å². The lowest BCUT2D eigenvalue weighted by atomic mass is 10.1. The molecule has 0 aliphatic carbocycles. The van der Waals surface area contributed by atoms with Crippen molar-refractivity contribution >= 4 is 17.3 Å². The number of hydrogen-bond donors (Lipinski definition) is 0. The van der Waals surface area contributed by atoms with Crippen molar-refractivity contribution in [3.8, 4) is 10.6 Å². The van der Waals surface area contributed by atoms with E-state index in [1.54, 1.807) is 0 Å². The molecule has 0 atom stereocenters. The van der Waals surface area contributed by atoms with Gasteiger partial charge >= 0.3 is 6.18 Å². The molecule has 0 radical (unpaired) electrons. The zero-order chi connectivity index (χ0) is 19.8. The van der Waals surface area contributed by atoms with Gasteiger partial charge in [-0.1, -0.05) is 18.2 Å². The third-order valence-corrected chi connectivity index (χ3v) is 4.84. The van der Waals surface area contributed by atoms with Crippen LogP contribution in [0.15, 0.2) is 42.5 Å². The second kappa shape index (κ2) is 7.07. The van der Waals surface area contributed by atoms with Crippen LogP contribution in [0.1, 0.15) is 26.5 Å². The highest BCUT2D eigenvalue weighted by atomic mass is 32.1. The summed E-state index contributed by atoms with van der Waals surface area (Å²) in [6, 6.07) is 6.91. The minimum absolute atomic E-state index is 0.0135. The Morgan fingerprint density at radius 1 is 1.07 bits per heavy atom. The largest absolute Gasteiger partial charge is 0.544 e. The number of aromatic nitrogens is 1. The predicted octanol–water partition coefficient (Wildman–Crippen LogP) is 4.06. The van der Waals surface area contributed by atoms with Crippen molar-refractivity contribution in [3.63, 3.8) is 0 Å². The summed E-state index contributed by atoms with van der Waals surface area (Å²) in [5.41, 5.74) is -0.554. The molecule has 3 aromatic rings. The van der Waals surface area contributed by atoms with Crippen molar-refractivity contribution in [2.24, 2.45) is 0 Å². The van der Waals surface area contributed by atoms with Gasteiger partial charge in [0.1, 0.15) is 16.6 Å². The fourth-order valence-electron chi connectivity index (χ4n) is 2.40. The predicted molar refractivity (Wildman–Crippen MR) is 86.0 cm³/mol. The lowest BCUT2D eigenvalue weighted by molar-refractivity contribution is -0.254. The normalized spacial score (nSPS) is 11.6. The van der Waals surface area contributed by atoms with Gasteiger partial charge in [-0.25, -0.2) is 13.8 Å². The van der Waals surface area contributed by atoms with E-state index in [4.69, 9.17) is 0 Å². The van der Waals surface area contributed by atoms with Crippen LogP contribution >= 0.6 is 11.3 Å². The Morgan fingerprint density at radius 2 is 1.74 bits per heavy atom. The standard InChI is InChI=1S/C18H10F5NO2S/c19-12-6-3-10(13(20)8-12)7-14-15(17(25)26)27-16(24-14)9-1-4-11(5-2-9)18(21,22)23/h1-6,8H,7H2,(H,25,26)/p-1. The number of aromatic carboxylic acids is 1. The van der Waals surface area contributed by atoms with Gasteiger partial charge in [-0.05, 0) is 23.8 Å². The van der Waals surface area contributed by atoms with Gasteiger partial charge in [0.15, 0.2) is 0 Å². The highest BCUT2D eigenvalue weighted by Crippen LogP contribution is 2.33. The van der Waals surface area contributed by atoms with E-state index in [0.717, 1.165) is 18.2 Å². The molecule has 0 saturated heterocycles. The first-order valence-corrected chi connectivity index (χ1v) is 8.29. The SMILES string of the molecule is O=C([O-])c1sc(-c2ccc(C(F)(F)F)cc2)nc1Cc1ccc(F)cc1F. The van der Waals surface area contributed by atoms with E-state index in [1.165, 1.54) is 18.2 Å². The molecule has 2 aromatic carbocycles. The molecule has 0 bridgehead atoms. The molecular formula is C18H9F5NO2S-. The number of carbonyl (C=O) groups excluding carboxylic acids is 1. The third-order valence-electron chi connectivity index (χ3n) is 3.71. The molecule has 0 spiro atoms. The molecule has 1 aromatic heterocycles. The fourth-order valence-corrected chi connectivity index (χ4v) is 3.32. The molecule has 3 nitrogen and oxygen atoms in total. The maximum absolute atomic E-state index is 13.8. The summed E-state index contributed by atoms with van der Waals surface area (Å²) in [6.45, 7) is 0. The zero-order valence-electron chi connectivity index (χ0n) is 13.3. The van der Waals surface area contributed by atoms with Crippen LogP contribution in [0, 0.1) is 11.6 Å². The highest BCUT2D eigenvalue weighted by molar-refractivity contribution is 7.17. The smallest absolute Gasteiger partial charge is 0.416 e. The topological polar surface area (TPSA) is 53.0 Å². The van der Waals surface area contributed by atoms with Crippen LogP contribution < -0.4 is 5.11 Å². The van der Waals surface area contributed by atoms with Gasteiger partial charge in [-0.2, -0.15) is 13.2 Å². The number of benzene rings is 2. The van der Waals surface area contributed by atoms with E-state index < -0.39 is 29.3 Å². The summed E-state index contributed by atoms with van der Waals surface area (Å²) in [5.74, 6) is -3.17. The van der Waals surface area contributed by atoms with Gasteiger partial charge in [0.05, 0.1) is 22.1 Å². The molecule has 0 fully saturated rings. The quantitative estimate of drug-likeness (QED) is 0.623. The fraction of sp³-hybridized carbons (Fsp3) is 0.111. The Morgan fingerprint density at radius 3 is 2.30 bits per heavy atom. The van der Waals surface area contributed by atoms with Crippen molar-refractivity contribution in [2.75, 3.05) is 0 Å². The lowest BCUT2D eigenvalue weighted by Gasteiger charge is -2.06. The number of rotatable bonds is 4. The van der Waals surface area contributed by atoms with E-state index >= 15 is 0 Å². The van der Waals surface area contributed by atoms with Crippen LogP contribution in [-0.2, 0) is 12.6 Å². The molecule has 0 saturated carbocycles. The van der Waals surface area contributed by atoms with Gasteiger partial charge in [0.25, 0.3) is 0 Å². The van der Waals surface area contributed by atoms with Crippen LogP contribution in [0.5, 0.6) is 0 Å². The first-order valence-electron chi connectivity index (χ1n) is 7.48. The summed E-state index contributed by atoms with van der Waals surface area (Å²) < 4.78 is 64.7. The van der Waals surface area contributed by atoms with Gasteiger partial charge < -0.3 is 9.90 Å². The van der Waals surface area contributed by atoms with Crippen LogP contribution in [0.2, 0.25) is 0 Å². The molecule has 0 aliphatic heterocycles. The van der Waals surface area contributed by atoms with Crippen molar-refractivity contribution in [2.45, 2.75) is 12.6 Å². The van der Waals surface area contributed by atoms with Crippen LogP contribution in [0.4, 0.5) is 22.0 Å². The van der Waals surface area contributed by atoms with Gasteiger partial charge in [0, 0.05) is 18.1 Å². The average Bonchev–Trinajstić information content (AvgIpc) is 3.01. The first kappa shape index (κ1) is 19.0. The number of nitrogens with zero attached hydrogens (tertiary/aromatic N) is 1. The van der Waals surface area contributed by atoms with Crippen molar-refractivity contribution < 1.29 is 31.9 Å². The second-order valence-corrected chi connectivity index (χ2v) is 6.57. The summed E-state index contributed by atoms with van der Waals surface area (Å²) in [7, 11) is 0. The summed E-state index contributed by atoms with van der Waals surface area (Å²) in [6.07, 6.45) is -4.73. The average molecular weight is 398 g/mol. The number of carboxylic acid groups (broad SMARTS) is 1. The number of alkyl halides is 3. The first-order chi connectivity index (χ1) is 12.6. The number of carbonyl (C=O) groups is 1. The lowest BCUT2D eigenvalue weighted by Crippen LogP contribution is -2.22. The molecule has 27 heavy (non-hydrogen) atoms. The van der Waals surface area contributed by atoms with Gasteiger partial charge in [0.2, 0.25) is 0 Å². The third kappa shape index (κ3) is 4.13. The molecule has 1 heterocycles. The second-order valence-electron chi connectivity index (χ2n) is 5.57. The highest BCUT2D eigenvalue weighted by Gasteiger charge is 2.30. The molecule has 0 aliphatic rings. The summed E-state index contributed by atoms with van der Waals surface area (Å²) >= 11 is 0.711. The number of carboxylic acids is 1. The van der Waals surface area contributed by atoms with Gasteiger partial charge in [-0.15, -0.1) is 11.3 Å². The number of thiazole rings is 1. The Bertz CT molecular complexity index is 996. The molecule has 140 valence electrons. The molecule has 0 amide bonds. The Kier molecular flexibility index (Phi) is 4.97. The van der Waals surface area contributed by atoms with Gasteiger partial charge in [-0.3, -0.25) is 0 Å². The Hall–Kier alpha value is -2.81. The Balaban J connectivity index is 1.97. The van der Waals surface area contributed by atoms with Crippen molar-refractivity contribution in [1.29, 1.82) is 0 Å². The summed E-state index contributed by atoms with van der Waals surface area (Å²) in [4.78, 5) is 15.2. The number of halogens is 5. The van der Waals surface area contributed by atoms with E-state index in [0.29, 0.717) is 17.4 Å². The van der Waals surface area contributed by atoms with E-state index in [-0.39, 0.29) is 33.1 Å². The summed E-state index contributed by atoms with van der Waals surface area (Å²) in [5, 5.41) is 11.5. The minimum atomic E-state index is -4.50.